The number of nitrogens with one attached hydrogen (secondary N) is 1. The van der Waals surface area contributed by atoms with Gasteiger partial charge in [-0.2, -0.15) is 5.10 Å². The number of fused-ring (bicyclic) bond motifs is 1. The fourth-order valence-corrected chi connectivity index (χ4v) is 3.29. The van der Waals surface area contributed by atoms with Gasteiger partial charge in [0, 0.05) is 29.4 Å². The summed E-state index contributed by atoms with van der Waals surface area (Å²) in [5.74, 6) is -0.220. The first-order chi connectivity index (χ1) is 13.1. The molecule has 0 aliphatic carbocycles. The van der Waals surface area contributed by atoms with Gasteiger partial charge in [0.2, 0.25) is 0 Å². The highest BCUT2D eigenvalue weighted by Crippen LogP contribution is 2.26. The Hall–Kier alpha value is -3.22. The highest BCUT2D eigenvalue weighted by Gasteiger charge is 2.18. The van der Waals surface area contributed by atoms with Crippen molar-refractivity contribution in [2.45, 2.75) is 26.2 Å². The van der Waals surface area contributed by atoms with Crippen LogP contribution in [0.2, 0.25) is 0 Å². The number of aryl methyl sites for hydroxylation is 2. The molecule has 1 aliphatic heterocycles. The lowest BCUT2D eigenvalue weighted by atomic mass is 10.0. The van der Waals surface area contributed by atoms with Gasteiger partial charge < -0.3 is 4.90 Å². The number of rotatable bonds is 6. The lowest BCUT2D eigenvalue weighted by molar-refractivity contribution is -0.385. The first kappa shape index (κ1) is 18.6. The standard InChI is InChI=1S/C20H22N4O3/c1-2-16-10-9-15(12-19(16)24(26)27)13-21-22-20(25)14-23-11-5-7-17-6-3-4-8-18(17)23/h3-4,6,8-10,12-13H,2,5,7,11,14H2,1H3,(H,22,25)/b21-13-. The molecule has 7 heteroatoms. The van der Waals surface area contributed by atoms with Crippen molar-refractivity contribution in [3.05, 3.63) is 69.3 Å². The van der Waals surface area contributed by atoms with Gasteiger partial charge in [-0.05, 0) is 30.9 Å². The van der Waals surface area contributed by atoms with Crippen LogP contribution < -0.4 is 10.3 Å². The van der Waals surface area contributed by atoms with Crippen molar-refractivity contribution >= 4 is 23.5 Å². The lowest BCUT2D eigenvalue weighted by Crippen LogP contribution is -2.38. The molecule has 140 valence electrons. The van der Waals surface area contributed by atoms with Crippen LogP contribution in [0.5, 0.6) is 0 Å². The molecule has 0 fully saturated rings. The fraction of sp³-hybridized carbons (Fsp3) is 0.300. The summed E-state index contributed by atoms with van der Waals surface area (Å²) in [4.78, 5) is 25.0. The Labute approximate surface area is 157 Å². The van der Waals surface area contributed by atoms with Gasteiger partial charge >= 0.3 is 0 Å². The van der Waals surface area contributed by atoms with Crippen LogP contribution in [0.3, 0.4) is 0 Å². The molecule has 1 N–H and O–H groups in total. The normalized spacial score (nSPS) is 13.4. The van der Waals surface area contributed by atoms with E-state index in [1.54, 1.807) is 12.1 Å². The molecule has 0 saturated carbocycles. The maximum atomic E-state index is 12.2. The summed E-state index contributed by atoms with van der Waals surface area (Å²) in [6.45, 7) is 2.93. The monoisotopic (exact) mass is 366 g/mol. The number of hydrazone groups is 1. The Morgan fingerprint density at radius 2 is 2.15 bits per heavy atom. The molecular weight excluding hydrogens is 344 g/mol. The van der Waals surface area contributed by atoms with Crippen LogP contribution in [-0.2, 0) is 17.6 Å². The Balaban J connectivity index is 1.61. The van der Waals surface area contributed by atoms with E-state index < -0.39 is 4.92 Å². The number of nitrogens with zero attached hydrogens (tertiary/aromatic N) is 3. The topological polar surface area (TPSA) is 87.8 Å². The van der Waals surface area contributed by atoms with Crippen LogP contribution >= 0.6 is 0 Å². The molecule has 1 amide bonds. The van der Waals surface area contributed by atoms with Gasteiger partial charge in [-0.1, -0.05) is 37.3 Å². The average molecular weight is 366 g/mol. The van der Waals surface area contributed by atoms with Gasteiger partial charge in [0.25, 0.3) is 11.6 Å². The number of nitro benzene ring substituents is 1. The van der Waals surface area contributed by atoms with E-state index in [0.29, 0.717) is 17.5 Å². The molecule has 7 nitrogen and oxygen atoms in total. The molecule has 1 heterocycles. The number of hydrogen-bond donors (Lipinski definition) is 1. The largest absolute Gasteiger partial charge is 0.362 e. The van der Waals surface area contributed by atoms with Crippen molar-refractivity contribution in [1.82, 2.24) is 5.43 Å². The molecule has 0 unspecified atom stereocenters. The predicted octanol–water partition coefficient (Wildman–Crippen LogP) is 3.06. The molecule has 0 bridgehead atoms. The molecule has 0 spiro atoms. The first-order valence-corrected chi connectivity index (χ1v) is 9.00. The maximum Gasteiger partial charge on any atom is 0.273 e. The fourth-order valence-electron chi connectivity index (χ4n) is 3.29. The summed E-state index contributed by atoms with van der Waals surface area (Å²) in [6, 6.07) is 13.0. The van der Waals surface area contributed by atoms with Gasteiger partial charge in [0.05, 0.1) is 17.7 Å². The summed E-state index contributed by atoms with van der Waals surface area (Å²) >= 11 is 0. The second-order valence-corrected chi connectivity index (χ2v) is 6.45. The second-order valence-electron chi connectivity index (χ2n) is 6.45. The zero-order chi connectivity index (χ0) is 19.2. The smallest absolute Gasteiger partial charge is 0.273 e. The van der Waals surface area contributed by atoms with E-state index in [1.165, 1.54) is 17.8 Å². The quantitative estimate of drug-likeness (QED) is 0.483. The van der Waals surface area contributed by atoms with Crippen LogP contribution in [-0.4, -0.2) is 30.1 Å². The number of hydrogen-bond acceptors (Lipinski definition) is 5. The third-order valence-electron chi connectivity index (χ3n) is 4.63. The molecule has 0 saturated heterocycles. The van der Waals surface area contributed by atoms with Crippen LogP contribution in [0, 0.1) is 10.1 Å². The third-order valence-corrected chi connectivity index (χ3v) is 4.63. The minimum Gasteiger partial charge on any atom is -0.362 e. The number of benzene rings is 2. The molecule has 1 aliphatic rings. The van der Waals surface area contributed by atoms with E-state index in [2.05, 4.69) is 16.6 Å². The van der Waals surface area contributed by atoms with Crippen molar-refractivity contribution in [2.75, 3.05) is 18.0 Å². The van der Waals surface area contributed by atoms with E-state index in [0.717, 1.165) is 25.1 Å². The Morgan fingerprint density at radius 3 is 2.93 bits per heavy atom. The number of carbonyl (C=O) groups excluding carboxylic acids is 1. The summed E-state index contributed by atoms with van der Waals surface area (Å²) in [6.07, 6.45) is 4.05. The van der Waals surface area contributed by atoms with Crippen LogP contribution in [0.25, 0.3) is 0 Å². The van der Waals surface area contributed by atoms with Crippen LogP contribution in [0.4, 0.5) is 11.4 Å². The van der Waals surface area contributed by atoms with Gasteiger partial charge in [-0.15, -0.1) is 0 Å². The molecule has 2 aromatic rings. The van der Waals surface area contributed by atoms with Crippen molar-refractivity contribution in [3.63, 3.8) is 0 Å². The van der Waals surface area contributed by atoms with Crippen molar-refractivity contribution in [3.8, 4) is 0 Å². The number of amides is 1. The molecule has 3 rings (SSSR count). The minimum absolute atomic E-state index is 0.0673. The summed E-state index contributed by atoms with van der Waals surface area (Å²) < 4.78 is 0. The Bertz CT molecular complexity index is 879. The third kappa shape index (κ3) is 4.49. The highest BCUT2D eigenvalue weighted by atomic mass is 16.6. The van der Waals surface area contributed by atoms with E-state index in [1.807, 2.05) is 30.0 Å². The molecule has 0 radical (unpaired) electrons. The molecule has 2 aromatic carbocycles. The number of carbonyl (C=O) groups is 1. The van der Waals surface area contributed by atoms with E-state index >= 15 is 0 Å². The van der Waals surface area contributed by atoms with Crippen LogP contribution in [0.1, 0.15) is 30.0 Å². The average Bonchev–Trinajstić information content (AvgIpc) is 2.68. The van der Waals surface area contributed by atoms with E-state index in [-0.39, 0.29) is 18.1 Å². The van der Waals surface area contributed by atoms with Crippen molar-refractivity contribution in [2.24, 2.45) is 5.10 Å². The number of anilines is 1. The molecule has 0 atom stereocenters. The number of nitro groups is 1. The van der Waals surface area contributed by atoms with Crippen molar-refractivity contribution < 1.29 is 9.72 Å². The Morgan fingerprint density at radius 1 is 1.33 bits per heavy atom. The van der Waals surface area contributed by atoms with Crippen LogP contribution in [0.15, 0.2) is 47.6 Å². The number of para-hydroxylation sites is 1. The summed E-state index contributed by atoms with van der Waals surface area (Å²) in [7, 11) is 0. The predicted molar refractivity (Wildman–Crippen MR) is 105 cm³/mol. The second kappa shape index (κ2) is 8.44. The highest BCUT2D eigenvalue weighted by molar-refractivity contribution is 5.85. The summed E-state index contributed by atoms with van der Waals surface area (Å²) in [5.41, 5.74) is 6.16. The van der Waals surface area contributed by atoms with Gasteiger partial charge in [0.15, 0.2) is 0 Å². The van der Waals surface area contributed by atoms with E-state index in [9.17, 15) is 14.9 Å². The van der Waals surface area contributed by atoms with Gasteiger partial charge in [-0.25, -0.2) is 5.43 Å². The van der Waals surface area contributed by atoms with Gasteiger partial charge in [-0.3, -0.25) is 14.9 Å². The molecular formula is C20H22N4O3. The minimum atomic E-state index is -0.400. The Kier molecular flexibility index (Phi) is 5.80. The van der Waals surface area contributed by atoms with E-state index in [4.69, 9.17) is 0 Å². The zero-order valence-electron chi connectivity index (χ0n) is 15.2. The zero-order valence-corrected chi connectivity index (χ0v) is 15.2. The summed E-state index contributed by atoms with van der Waals surface area (Å²) in [5, 5.41) is 15.1. The molecule has 27 heavy (non-hydrogen) atoms. The first-order valence-electron chi connectivity index (χ1n) is 9.00. The van der Waals surface area contributed by atoms with Crippen molar-refractivity contribution in [1.29, 1.82) is 0 Å². The maximum absolute atomic E-state index is 12.2. The SMILES string of the molecule is CCc1ccc(/C=N\NC(=O)CN2CCCc3ccccc32)cc1[N+](=O)[O-]. The van der Waals surface area contributed by atoms with Gasteiger partial charge in [0.1, 0.15) is 0 Å². The molecule has 0 aromatic heterocycles. The lowest BCUT2D eigenvalue weighted by Gasteiger charge is -2.30.